The first-order valence-corrected chi connectivity index (χ1v) is 20.2. The molecule has 4 fully saturated rings. The molecular formula is C45H65N7O4S4. The third kappa shape index (κ3) is 10.8. The van der Waals surface area contributed by atoms with E-state index in [0.717, 1.165) is 71.7 Å². The Bertz CT molecular complexity index is 2170. The number of benzene rings is 2. The number of alkyl carbamates (subject to hydrolysis) is 1. The number of carbonyl (C=O) groups excluding carboxylic acids is 3. The molecule has 2 saturated heterocycles. The molecule has 4 heterocycles. The van der Waals surface area contributed by atoms with Gasteiger partial charge in [0.25, 0.3) is 0 Å². The van der Waals surface area contributed by atoms with Crippen LogP contribution in [0.1, 0.15) is 115 Å². The Hall–Kier alpha value is -3.71. The van der Waals surface area contributed by atoms with Crippen LogP contribution < -0.4 is 5.32 Å². The minimum Gasteiger partial charge on any atom is -0.453 e. The van der Waals surface area contributed by atoms with Crippen LogP contribution in [0.5, 0.6) is 0 Å². The van der Waals surface area contributed by atoms with Gasteiger partial charge in [0, 0.05) is 24.6 Å². The third-order valence-corrected chi connectivity index (χ3v) is 12.6. The molecule has 0 radical (unpaired) electrons. The highest BCUT2D eigenvalue weighted by Crippen LogP contribution is 2.59. The highest BCUT2D eigenvalue weighted by atomic mass is 32.1. The first kappa shape index (κ1) is 50.6. The molecule has 2 saturated carbocycles. The number of hydrogen-bond acceptors (Lipinski definition) is 6. The van der Waals surface area contributed by atoms with E-state index in [0.29, 0.717) is 17.9 Å². The Morgan fingerprint density at radius 2 is 1.40 bits per heavy atom. The number of nitrogens with zero attached hydrogens (tertiary/aromatic N) is 4. The van der Waals surface area contributed by atoms with Gasteiger partial charge in [-0.15, -0.1) is 5.92 Å². The zero-order chi connectivity index (χ0) is 39.9. The van der Waals surface area contributed by atoms with Crippen LogP contribution >= 0.6 is 54.0 Å². The van der Waals surface area contributed by atoms with E-state index < -0.39 is 12.1 Å². The third-order valence-electron chi connectivity index (χ3n) is 12.6. The van der Waals surface area contributed by atoms with Crippen LogP contribution in [-0.4, -0.2) is 73.9 Å². The van der Waals surface area contributed by atoms with Crippen LogP contribution in [-0.2, 0) is 14.3 Å². The van der Waals surface area contributed by atoms with E-state index in [1.165, 1.54) is 25.5 Å². The van der Waals surface area contributed by atoms with Crippen molar-refractivity contribution in [1.82, 2.24) is 35.1 Å². The van der Waals surface area contributed by atoms with Crippen molar-refractivity contribution >= 4 is 82.9 Å². The molecule has 8 rings (SSSR count). The minimum atomic E-state index is -0.625. The molecule has 0 unspecified atom stereocenters. The van der Waals surface area contributed by atoms with E-state index in [9.17, 15) is 14.4 Å². The fourth-order valence-electron chi connectivity index (χ4n) is 8.36. The maximum absolute atomic E-state index is 13.5. The summed E-state index contributed by atoms with van der Waals surface area (Å²) < 4.78 is 4.73. The Kier molecular flexibility index (Phi) is 17.3. The summed E-state index contributed by atoms with van der Waals surface area (Å²) in [6.07, 6.45) is 7.93. The van der Waals surface area contributed by atoms with Crippen LogP contribution in [0.15, 0.2) is 48.7 Å². The average molecular weight is 896 g/mol. The lowest BCUT2D eigenvalue weighted by Gasteiger charge is -2.30. The smallest absolute Gasteiger partial charge is 0.407 e. The predicted molar refractivity (Wildman–Crippen MR) is 259 cm³/mol. The summed E-state index contributed by atoms with van der Waals surface area (Å²) in [4.78, 5) is 58.8. The number of aryl methyl sites for hydroxylation is 1. The van der Waals surface area contributed by atoms with Gasteiger partial charge in [0.1, 0.15) is 17.7 Å². The van der Waals surface area contributed by atoms with E-state index in [2.05, 4.69) is 89.0 Å². The van der Waals surface area contributed by atoms with E-state index in [1.807, 2.05) is 50.1 Å². The van der Waals surface area contributed by atoms with Crippen LogP contribution in [0.3, 0.4) is 0 Å². The number of methoxy groups -OCH3 is 1. The van der Waals surface area contributed by atoms with E-state index in [-0.39, 0.29) is 95.1 Å². The number of hydrogen-bond donors (Lipinski definition) is 3. The lowest BCUT2D eigenvalue weighted by Crippen LogP contribution is -2.51. The highest BCUT2D eigenvalue weighted by Gasteiger charge is 2.56. The fourth-order valence-corrected chi connectivity index (χ4v) is 8.36. The number of imidazole rings is 2. The van der Waals surface area contributed by atoms with Crippen molar-refractivity contribution in [3.63, 3.8) is 0 Å². The van der Waals surface area contributed by atoms with Crippen LogP contribution in [0.2, 0.25) is 0 Å². The number of amides is 3. The summed E-state index contributed by atoms with van der Waals surface area (Å²) in [6, 6.07) is 13.7. The molecule has 328 valence electrons. The Morgan fingerprint density at radius 3 is 1.93 bits per heavy atom. The van der Waals surface area contributed by atoms with Crippen molar-refractivity contribution in [1.29, 1.82) is 0 Å². The number of carbonyl (C=O) groups is 3. The molecule has 3 amide bonds. The quantitative estimate of drug-likeness (QED) is 0.152. The van der Waals surface area contributed by atoms with Gasteiger partial charge in [0.05, 0.1) is 42.1 Å². The second-order valence-corrected chi connectivity index (χ2v) is 17.5. The van der Waals surface area contributed by atoms with Gasteiger partial charge in [0.15, 0.2) is 0 Å². The largest absolute Gasteiger partial charge is 0.453 e. The number of aromatic nitrogens is 4. The van der Waals surface area contributed by atoms with Gasteiger partial charge < -0.3 is 29.8 Å². The van der Waals surface area contributed by atoms with Gasteiger partial charge in [-0.25, -0.2) is 14.8 Å². The summed E-state index contributed by atoms with van der Waals surface area (Å²) >= 11 is 0. The van der Waals surface area contributed by atoms with Gasteiger partial charge >= 0.3 is 6.09 Å². The van der Waals surface area contributed by atoms with Gasteiger partial charge in [-0.1, -0.05) is 70.4 Å². The van der Waals surface area contributed by atoms with Gasteiger partial charge in [0.2, 0.25) is 11.8 Å². The Balaban J connectivity index is 0.000000303. The van der Waals surface area contributed by atoms with E-state index in [4.69, 9.17) is 9.72 Å². The van der Waals surface area contributed by atoms with Gasteiger partial charge in [-0.2, -0.15) is 54.0 Å². The van der Waals surface area contributed by atoms with Crippen molar-refractivity contribution in [3.8, 4) is 23.1 Å². The molecule has 2 aliphatic carbocycles. The summed E-state index contributed by atoms with van der Waals surface area (Å²) in [6.45, 7) is 15.7. The van der Waals surface area contributed by atoms with Crippen molar-refractivity contribution in [2.24, 2.45) is 28.6 Å². The number of H-pyrrole nitrogens is 2. The summed E-state index contributed by atoms with van der Waals surface area (Å²) in [5, 5.41) is 2.72. The predicted octanol–water partition coefficient (Wildman–Crippen LogP) is 8.55. The molecule has 2 aromatic heterocycles. The molecule has 2 aliphatic heterocycles. The second kappa shape index (κ2) is 20.4. The summed E-state index contributed by atoms with van der Waals surface area (Å²) in [5.41, 5.74) is 6.70. The van der Waals surface area contributed by atoms with E-state index >= 15 is 0 Å². The van der Waals surface area contributed by atoms with E-state index in [1.54, 1.807) is 0 Å². The maximum Gasteiger partial charge on any atom is 0.407 e. The lowest BCUT2D eigenvalue weighted by atomic mass is 9.96. The number of aromatic amines is 2. The molecule has 2 spiro atoms. The standard InChI is InChI=1S/C23H30N4O3.C22H27N3O.4H2S/c1-14(2)19(26-22(29)30-4)21(28)27-13-23(9-10-23)11-18(27)20-24-12-17(25-20)16-7-5-15(3)6-8-16;1-5-6-16-7-8-17-18(11-16)24-20(23-17)19-12-22(9-10-22)13-25(19)21(26)15(4)14(2)3;;;;/h5-8,12,14,18-19H,9-11,13H2,1-4H3,(H,24,25)(H,26,29);7-8,11,14-15,19H,9-10,12-13H2,1-4H3,(H,23,24);4*1H2/t18-,19-;15-,19-;;;;/m00..../s1. The highest BCUT2D eigenvalue weighted by molar-refractivity contribution is 7.59. The number of likely N-dealkylation sites (tertiary alicyclic amines) is 2. The molecule has 4 aliphatic rings. The fraction of sp³-hybridized carbons (Fsp3) is 0.533. The average Bonchev–Trinajstić information content (AvgIpc) is 3.79. The first-order valence-electron chi connectivity index (χ1n) is 20.2. The zero-order valence-electron chi connectivity index (χ0n) is 36.2. The number of nitrogens with one attached hydrogen (secondary N) is 3. The Morgan fingerprint density at radius 1 is 0.817 bits per heavy atom. The number of ether oxygens (including phenoxy) is 1. The lowest BCUT2D eigenvalue weighted by molar-refractivity contribution is -0.137. The van der Waals surface area contributed by atoms with Gasteiger partial charge in [-0.05, 0) is 98.8 Å². The first-order chi connectivity index (χ1) is 26.7. The molecule has 60 heavy (non-hydrogen) atoms. The van der Waals surface area contributed by atoms with Crippen LogP contribution in [0.25, 0.3) is 22.3 Å². The van der Waals surface area contributed by atoms with Crippen molar-refractivity contribution in [2.45, 2.75) is 105 Å². The van der Waals surface area contributed by atoms with Crippen LogP contribution in [0, 0.1) is 47.3 Å². The topological polar surface area (TPSA) is 136 Å². The number of fused-ring (bicyclic) bond motifs is 1. The van der Waals surface area contributed by atoms with Crippen molar-refractivity contribution in [2.75, 3.05) is 20.2 Å². The molecule has 2 aromatic carbocycles. The van der Waals surface area contributed by atoms with Crippen molar-refractivity contribution in [3.05, 3.63) is 71.4 Å². The molecular weight excluding hydrogens is 831 g/mol. The molecule has 0 bridgehead atoms. The maximum atomic E-state index is 13.5. The molecule has 3 N–H and O–H groups in total. The molecule has 15 heteroatoms. The SMILES string of the molecule is CC#Cc1ccc2nc([C@@H]3CC4(CC4)CN3C(=O)[C@@H](C)C(C)C)[nH]c2c1.COC(=O)N[C@H](C(=O)N1CC2(CC2)C[C@H]1c1ncc(-c2ccc(C)cc2)[nH]1)C(C)C.S.S.S.S. The minimum absolute atomic E-state index is 0. The van der Waals surface area contributed by atoms with Crippen molar-refractivity contribution < 1.29 is 19.1 Å². The molecule has 4 aromatic rings. The number of rotatable bonds is 8. The van der Waals surface area contributed by atoms with Crippen LogP contribution in [0.4, 0.5) is 4.79 Å². The monoisotopic (exact) mass is 895 g/mol. The molecule has 11 nitrogen and oxygen atoms in total. The summed E-state index contributed by atoms with van der Waals surface area (Å²) in [7, 11) is 1.31. The Labute approximate surface area is 383 Å². The van der Waals surface area contributed by atoms with Gasteiger partial charge in [-0.3, -0.25) is 9.59 Å². The zero-order valence-corrected chi connectivity index (χ0v) is 40.2. The molecule has 4 atom stereocenters. The normalized spacial score (nSPS) is 19.7. The second-order valence-electron chi connectivity index (χ2n) is 17.5. The summed E-state index contributed by atoms with van der Waals surface area (Å²) in [5.74, 6) is 8.31.